The van der Waals surface area contributed by atoms with Gasteiger partial charge in [-0.05, 0) is 45.8 Å². The van der Waals surface area contributed by atoms with Crippen LogP contribution in [0, 0.1) is 18.3 Å². The van der Waals surface area contributed by atoms with Gasteiger partial charge >= 0.3 is 0 Å². The number of carbonyl (C=O) groups is 1. The van der Waals surface area contributed by atoms with Crippen LogP contribution in [0.15, 0.2) is 9.70 Å². The van der Waals surface area contributed by atoms with Crippen LogP contribution < -0.4 is 10.5 Å². The van der Waals surface area contributed by atoms with Gasteiger partial charge in [-0.15, -0.1) is 0 Å². The maximum Gasteiger partial charge on any atom is 0.270 e. The molecule has 2 aliphatic heterocycles. The van der Waals surface area contributed by atoms with Crippen LogP contribution in [-0.4, -0.2) is 51.5 Å². The summed E-state index contributed by atoms with van der Waals surface area (Å²) >= 11 is 6.64. The first-order valence-corrected chi connectivity index (χ1v) is 12.3. The number of carbonyl (C=O) groups excluding carboxylic acids is 1. The quantitative estimate of drug-likeness (QED) is 0.460. The molecule has 2 aliphatic rings. The van der Waals surface area contributed by atoms with Gasteiger partial charge in [0.15, 0.2) is 0 Å². The molecule has 2 atom stereocenters. The van der Waals surface area contributed by atoms with Crippen molar-refractivity contribution in [3.05, 3.63) is 31.9 Å². The summed E-state index contributed by atoms with van der Waals surface area (Å²) in [5.74, 6) is 0.616. The maximum atomic E-state index is 13.3. The molecule has 1 aromatic heterocycles. The Labute approximate surface area is 199 Å². The van der Waals surface area contributed by atoms with Crippen molar-refractivity contribution in [1.82, 2.24) is 9.47 Å². The van der Waals surface area contributed by atoms with Gasteiger partial charge in [0.1, 0.15) is 21.8 Å². The van der Waals surface area contributed by atoms with Crippen LogP contribution in [0.4, 0.5) is 5.82 Å². The van der Waals surface area contributed by atoms with Crippen LogP contribution in [0.5, 0.6) is 0 Å². The average Bonchev–Trinajstić information content (AvgIpc) is 3.00. The van der Waals surface area contributed by atoms with Gasteiger partial charge in [0.25, 0.3) is 11.5 Å². The molecule has 0 bridgehead atoms. The van der Waals surface area contributed by atoms with E-state index < -0.39 is 0 Å². The number of nitriles is 1. The molecule has 2 unspecified atom stereocenters. The molecule has 0 spiro atoms. The molecule has 172 valence electrons. The monoisotopic (exact) mass is 474 g/mol. The van der Waals surface area contributed by atoms with E-state index in [0.29, 0.717) is 41.0 Å². The number of likely N-dealkylation sites (N-methyl/N-ethyl adjacent to an activating group) is 1. The van der Waals surface area contributed by atoms with Gasteiger partial charge in [0, 0.05) is 31.7 Å². The number of hydrogen-bond donors (Lipinski definition) is 0. The van der Waals surface area contributed by atoms with Crippen LogP contribution in [0.1, 0.15) is 57.2 Å². The number of morpholine rings is 1. The lowest BCUT2D eigenvalue weighted by molar-refractivity contribution is -0.121. The molecule has 0 aliphatic carbocycles. The Morgan fingerprint density at radius 1 is 1.25 bits per heavy atom. The summed E-state index contributed by atoms with van der Waals surface area (Å²) in [5.41, 5.74) is 1.17. The van der Waals surface area contributed by atoms with Gasteiger partial charge in [0.2, 0.25) is 0 Å². The molecule has 0 saturated carbocycles. The van der Waals surface area contributed by atoms with Crippen molar-refractivity contribution < 1.29 is 9.53 Å². The highest BCUT2D eigenvalue weighted by Crippen LogP contribution is 2.36. The molecular weight excluding hydrogens is 444 g/mol. The van der Waals surface area contributed by atoms with E-state index in [1.165, 1.54) is 11.8 Å². The fraction of sp³-hybridized carbons (Fsp3) is 0.565. The SMILES string of the molecule is CCCCn1c(N2CC(C)OC(C)C2)c(/C=C2\SC(=S)N(CC)C2=O)c(C)c(C#N)c1=O. The van der Waals surface area contributed by atoms with Crippen molar-refractivity contribution in [2.75, 3.05) is 24.5 Å². The Bertz CT molecular complexity index is 1050. The summed E-state index contributed by atoms with van der Waals surface area (Å²) < 4.78 is 8.16. The number of unbranched alkanes of at least 4 members (excludes halogenated alkanes) is 1. The molecule has 1 amide bonds. The summed E-state index contributed by atoms with van der Waals surface area (Å²) in [6, 6.07) is 2.10. The van der Waals surface area contributed by atoms with E-state index in [4.69, 9.17) is 17.0 Å². The summed E-state index contributed by atoms with van der Waals surface area (Å²) in [6.45, 7) is 12.0. The van der Waals surface area contributed by atoms with Crippen LogP contribution in [0.2, 0.25) is 0 Å². The topological polar surface area (TPSA) is 78.6 Å². The number of pyridine rings is 1. The number of rotatable bonds is 6. The first-order chi connectivity index (χ1) is 15.2. The van der Waals surface area contributed by atoms with Crippen LogP contribution in [0.3, 0.4) is 0 Å². The molecule has 3 heterocycles. The van der Waals surface area contributed by atoms with Crippen molar-refractivity contribution in [3.63, 3.8) is 0 Å². The predicted octanol–water partition coefficient (Wildman–Crippen LogP) is 3.66. The summed E-state index contributed by atoms with van der Waals surface area (Å²) in [4.78, 5) is 30.5. The molecule has 3 rings (SSSR count). The molecular formula is C23H30N4O3S2. The summed E-state index contributed by atoms with van der Waals surface area (Å²) in [6.07, 6.45) is 3.54. The molecule has 0 aromatic carbocycles. The normalized spacial score (nSPS) is 22.7. The predicted molar refractivity (Wildman–Crippen MR) is 133 cm³/mol. The highest BCUT2D eigenvalue weighted by molar-refractivity contribution is 8.26. The number of aromatic nitrogens is 1. The van der Waals surface area contributed by atoms with Crippen molar-refractivity contribution >= 4 is 46.1 Å². The summed E-state index contributed by atoms with van der Waals surface area (Å²) in [5, 5.41) is 9.78. The first kappa shape index (κ1) is 24.5. The number of thiocarbonyl (C=S) groups is 1. The fourth-order valence-corrected chi connectivity index (χ4v) is 5.63. The number of amides is 1. The number of hydrogen-bond acceptors (Lipinski definition) is 7. The van der Waals surface area contributed by atoms with Crippen molar-refractivity contribution in [2.45, 2.75) is 66.2 Å². The number of anilines is 1. The maximum absolute atomic E-state index is 13.3. The molecule has 9 heteroatoms. The lowest BCUT2D eigenvalue weighted by Gasteiger charge is -2.39. The number of thioether (sulfide) groups is 1. The smallest absolute Gasteiger partial charge is 0.270 e. The second-order valence-corrected chi connectivity index (χ2v) is 9.92. The van der Waals surface area contributed by atoms with Crippen LogP contribution in [0.25, 0.3) is 6.08 Å². The minimum atomic E-state index is -0.279. The second kappa shape index (κ2) is 10.2. The molecule has 0 N–H and O–H groups in total. The molecule has 1 aromatic rings. The molecule has 2 fully saturated rings. The number of nitrogens with zero attached hydrogens (tertiary/aromatic N) is 4. The van der Waals surface area contributed by atoms with Gasteiger partial charge in [0.05, 0.1) is 17.1 Å². The Hall–Kier alpha value is -2.15. The third-order valence-electron chi connectivity index (χ3n) is 5.77. The van der Waals surface area contributed by atoms with Gasteiger partial charge in [-0.3, -0.25) is 19.1 Å². The number of ether oxygens (including phenoxy) is 1. The average molecular weight is 475 g/mol. The zero-order chi connectivity index (χ0) is 23.6. The standard InChI is InChI=1S/C23H30N4O3S2/c1-6-8-9-27-20(25-12-14(3)30-15(4)13-25)17(16(5)18(11-24)21(27)28)10-19-22(29)26(7-2)23(31)32-19/h10,14-15H,6-9,12-13H2,1-5H3/b19-10-. The molecule has 7 nitrogen and oxygen atoms in total. The van der Waals surface area contributed by atoms with E-state index in [2.05, 4.69) is 17.9 Å². The largest absolute Gasteiger partial charge is 0.372 e. The van der Waals surface area contributed by atoms with Crippen molar-refractivity contribution in [1.29, 1.82) is 5.26 Å². The second-order valence-electron chi connectivity index (χ2n) is 8.25. The lowest BCUT2D eigenvalue weighted by atomic mass is 10.0. The zero-order valence-electron chi connectivity index (χ0n) is 19.3. The van der Waals surface area contributed by atoms with Crippen LogP contribution in [-0.2, 0) is 16.1 Å². The Balaban J connectivity index is 2.28. The minimum Gasteiger partial charge on any atom is -0.372 e. The van der Waals surface area contributed by atoms with Gasteiger partial charge in [-0.1, -0.05) is 37.3 Å². The molecule has 2 saturated heterocycles. The van der Waals surface area contributed by atoms with E-state index >= 15 is 0 Å². The Kier molecular flexibility index (Phi) is 7.80. The third-order valence-corrected chi connectivity index (χ3v) is 7.14. The lowest BCUT2D eigenvalue weighted by Crippen LogP contribution is -2.48. The van der Waals surface area contributed by atoms with E-state index in [9.17, 15) is 14.9 Å². The van der Waals surface area contributed by atoms with Crippen molar-refractivity contribution in [2.24, 2.45) is 0 Å². The zero-order valence-corrected chi connectivity index (χ0v) is 20.9. The Morgan fingerprint density at radius 2 is 1.91 bits per heavy atom. The Morgan fingerprint density at radius 3 is 2.44 bits per heavy atom. The molecule has 0 radical (unpaired) electrons. The highest BCUT2D eigenvalue weighted by atomic mass is 32.2. The van der Waals surface area contributed by atoms with E-state index in [0.717, 1.165) is 24.2 Å². The van der Waals surface area contributed by atoms with Gasteiger partial charge in [-0.25, -0.2) is 0 Å². The van der Waals surface area contributed by atoms with E-state index in [-0.39, 0.29) is 29.2 Å². The van der Waals surface area contributed by atoms with Crippen LogP contribution >= 0.6 is 24.0 Å². The van der Waals surface area contributed by atoms with Crippen molar-refractivity contribution in [3.8, 4) is 6.07 Å². The van der Waals surface area contributed by atoms with Gasteiger partial charge < -0.3 is 9.64 Å². The minimum absolute atomic E-state index is 0.00409. The first-order valence-electron chi connectivity index (χ1n) is 11.1. The van der Waals surface area contributed by atoms with Gasteiger partial charge in [-0.2, -0.15) is 5.26 Å². The summed E-state index contributed by atoms with van der Waals surface area (Å²) in [7, 11) is 0. The fourth-order valence-electron chi connectivity index (χ4n) is 4.26. The molecule has 32 heavy (non-hydrogen) atoms. The third kappa shape index (κ3) is 4.63. The van der Waals surface area contributed by atoms with E-state index in [1.807, 2.05) is 26.8 Å². The van der Waals surface area contributed by atoms with E-state index in [1.54, 1.807) is 16.4 Å². The highest BCUT2D eigenvalue weighted by Gasteiger charge is 2.33.